The summed E-state index contributed by atoms with van der Waals surface area (Å²) in [6, 6.07) is 0. The first kappa shape index (κ1) is 21.2. The molecule has 3 rings (SSSR count). The van der Waals surface area contributed by atoms with Crippen molar-refractivity contribution < 1.29 is 24.2 Å². The Bertz CT molecular complexity index is 684. The number of carbonyl (C=O) groups excluding carboxylic acids is 2. The monoisotopic (exact) mass is 386 g/mol. The Morgan fingerprint density at radius 1 is 1.25 bits per heavy atom. The van der Waals surface area contributed by atoms with Crippen LogP contribution in [0.25, 0.3) is 0 Å². The Morgan fingerprint density at radius 3 is 2.64 bits per heavy atom. The van der Waals surface area contributed by atoms with Crippen molar-refractivity contribution in [1.29, 1.82) is 0 Å². The van der Waals surface area contributed by atoms with Gasteiger partial charge in [-0.25, -0.2) is 0 Å². The van der Waals surface area contributed by atoms with E-state index in [2.05, 4.69) is 6.92 Å². The van der Waals surface area contributed by atoms with E-state index in [-0.39, 0.29) is 35.7 Å². The van der Waals surface area contributed by atoms with Crippen LogP contribution in [0.4, 0.5) is 0 Å². The van der Waals surface area contributed by atoms with Crippen LogP contribution in [0, 0.1) is 29.1 Å². The lowest BCUT2D eigenvalue weighted by atomic mass is 9.54. The zero-order valence-electron chi connectivity index (χ0n) is 17.1. The molecule has 3 saturated carbocycles. The van der Waals surface area contributed by atoms with Crippen LogP contribution in [0.15, 0.2) is 23.4 Å². The number of aliphatic hydroxyl groups excluding tert-OH is 1. The highest BCUT2D eigenvalue weighted by Crippen LogP contribution is 2.61. The van der Waals surface area contributed by atoms with Gasteiger partial charge in [0.25, 0.3) is 0 Å². The molecule has 28 heavy (non-hydrogen) atoms. The molecule has 6 heteroatoms. The molecule has 5 nitrogen and oxygen atoms in total. The van der Waals surface area contributed by atoms with Gasteiger partial charge in [0.05, 0.1) is 5.66 Å². The fourth-order valence-electron chi connectivity index (χ4n) is 6.10. The van der Waals surface area contributed by atoms with Gasteiger partial charge in [-0.05, 0) is 68.3 Å². The molecule has 3 aliphatic carbocycles. The number of esters is 2. The molecule has 2 radical (unpaired) electrons. The van der Waals surface area contributed by atoms with Crippen LogP contribution in [0.2, 0.25) is 0 Å². The molecule has 0 saturated heterocycles. The van der Waals surface area contributed by atoms with E-state index in [1.54, 1.807) is 6.08 Å². The first-order valence-electron chi connectivity index (χ1n) is 10.4. The van der Waals surface area contributed by atoms with E-state index in [9.17, 15) is 14.7 Å². The van der Waals surface area contributed by atoms with Crippen LogP contribution in [0.1, 0.15) is 59.3 Å². The van der Waals surface area contributed by atoms with Crippen molar-refractivity contribution in [1.82, 2.24) is 0 Å². The Morgan fingerprint density at radius 2 is 2.00 bits per heavy atom. The summed E-state index contributed by atoms with van der Waals surface area (Å²) < 4.78 is 10.6. The summed E-state index contributed by atoms with van der Waals surface area (Å²) in [4.78, 5) is 22.6. The van der Waals surface area contributed by atoms with Gasteiger partial charge in [0.1, 0.15) is 6.10 Å². The van der Waals surface area contributed by atoms with Crippen molar-refractivity contribution in [3.05, 3.63) is 23.4 Å². The molecule has 3 fully saturated rings. The molecule has 6 atom stereocenters. The van der Waals surface area contributed by atoms with Crippen molar-refractivity contribution in [2.75, 3.05) is 6.61 Å². The van der Waals surface area contributed by atoms with Gasteiger partial charge in [-0.2, -0.15) is 0 Å². The van der Waals surface area contributed by atoms with E-state index >= 15 is 0 Å². The number of hydrogen-bond donors (Lipinski definition) is 1. The van der Waals surface area contributed by atoms with Crippen LogP contribution in [0.3, 0.4) is 0 Å². The lowest BCUT2D eigenvalue weighted by Crippen LogP contribution is -2.47. The van der Waals surface area contributed by atoms with Gasteiger partial charge in [-0.15, -0.1) is 0 Å². The minimum absolute atomic E-state index is 0.00242. The summed E-state index contributed by atoms with van der Waals surface area (Å²) in [5.41, 5.74) is 1.39. The number of allylic oxidation sites excluding steroid dienone is 3. The Labute approximate surface area is 169 Å². The molecule has 152 valence electrons. The lowest BCUT2D eigenvalue weighted by Gasteiger charge is -2.52. The summed E-state index contributed by atoms with van der Waals surface area (Å²) in [6.07, 6.45) is 9.56. The minimum Gasteiger partial charge on any atom is -0.462 e. The lowest BCUT2D eigenvalue weighted by molar-refractivity contribution is -0.155. The van der Waals surface area contributed by atoms with E-state index < -0.39 is 5.97 Å². The molecule has 0 bridgehead atoms. The minimum atomic E-state index is -0.433. The third-order valence-corrected chi connectivity index (χ3v) is 7.25. The van der Waals surface area contributed by atoms with Crippen molar-refractivity contribution in [3.63, 3.8) is 0 Å². The third-order valence-electron chi connectivity index (χ3n) is 7.25. The van der Waals surface area contributed by atoms with E-state index in [1.165, 1.54) is 19.4 Å². The van der Waals surface area contributed by atoms with Crippen LogP contribution < -0.4 is 0 Å². The highest BCUT2D eigenvalue weighted by molar-refractivity contribution is 6.21. The van der Waals surface area contributed by atoms with Crippen LogP contribution in [0.5, 0.6) is 0 Å². The second kappa shape index (κ2) is 8.44. The van der Waals surface area contributed by atoms with Crippen LogP contribution >= 0.6 is 0 Å². The zero-order chi connectivity index (χ0) is 20.5. The SMILES string of the molecule is [B]C(=CC=C1CC(CO)CC2C1CCC1(C)C(OC(C)=O)CCC21)OC(C)=O. The second-order valence-corrected chi connectivity index (χ2v) is 8.99. The summed E-state index contributed by atoms with van der Waals surface area (Å²) in [7, 11) is 5.77. The topological polar surface area (TPSA) is 72.8 Å². The molecule has 0 spiro atoms. The molecule has 0 heterocycles. The summed E-state index contributed by atoms with van der Waals surface area (Å²) in [5, 5.41) is 9.87. The van der Waals surface area contributed by atoms with Gasteiger partial charge < -0.3 is 14.6 Å². The average Bonchev–Trinajstić information content (AvgIpc) is 2.95. The van der Waals surface area contributed by atoms with Crippen molar-refractivity contribution in [3.8, 4) is 0 Å². The normalized spacial score (nSPS) is 39.2. The van der Waals surface area contributed by atoms with Crippen LogP contribution in [-0.4, -0.2) is 37.6 Å². The maximum absolute atomic E-state index is 11.6. The standard InChI is InChI=1S/C22H31BO5/c1-13(25)27-20-6-5-19-18-11-15(12-24)10-16(4-7-21(23)28-14(2)26)17(18)8-9-22(19,20)3/h4,7,15,17-20,24H,5-6,8-12H2,1-3H3. The fourth-order valence-corrected chi connectivity index (χ4v) is 6.10. The Hall–Kier alpha value is -1.56. The highest BCUT2D eigenvalue weighted by Gasteiger charge is 2.56. The molecule has 0 aromatic rings. The molecule has 1 N–H and O–H groups in total. The molecule has 0 aromatic carbocycles. The highest BCUT2D eigenvalue weighted by atomic mass is 16.5. The molecule has 0 aliphatic heterocycles. The van der Waals surface area contributed by atoms with Crippen LogP contribution in [-0.2, 0) is 19.1 Å². The molecular weight excluding hydrogens is 355 g/mol. The van der Waals surface area contributed by atoms with Gasteiger partial charge in [-0.3, -0.25) is 9.59 Å². The maximum Gasteiger partial charge on any atom is 0.306 e. The van der Waals surface area contributed by atoms with E-state index in [0.717, 1.165) is 38.5 Å². The first-order valence-corrected chi connectivity index (χ1v) is 10.4. The van der Waals surface area contributed by atoms with Gasteiger partial charge in [-0.1, -0.05) is 18.6 Å². The van der Waals surface area contributed by atoms with Crippen molar-refractivity contribution in [2.45, 2.75) is 65.4 Å². The second-order valence-electron chi connectivity index (χ2n) is 8.99. The van der Waals surface area contributed by atoms with Gasteiger partial charge in [0.15, 0.2) is 7.85 Å². The number of fused-ring (bicyclic) bond motifs is 3. The predicted molar refractivity (Wildman–Crippen MR) is 106 cm³/mol. The quantitative estimate of drug-likeness (QED) is 0.456. The number of ether oxygens (including phenoxy) is 2. The van der Waals surface area contributed by atoms with Gasteiger partial charge >= 0.3 is 11.9 Å². The fraction of sp³-hybridized carbons (Fsp3) is 0.727. The zero-order valence-corrected chi connectivity index (χ0v) is 17.1. The van der Waals surface area contributed by atoms with E-state index in [0.29, 0.717) is 17.8 Å². The first-order chi connectivity index (χ1) is 13.2. The number of hydrogen-bond acceptors (Lipinski definition) is 5. The maximum atomic E-state index is 11.6. The number of rotatable bonds is 4. The van der Waals surface area contributed by atoms with E-state index in [1.807, 2.05) is 6.08 Å². The molecule has 6 unspecified atom stereocenters. The van der Waals surface area contributed by atoms with Gasteiger partial charge in [0, 0.05) is 25.9 Å². The Kier molecular flexibility index (Phi) is 6.38. The smallest absolute Gasteiger partial charge is 0.306 e. The summed E-state index contributed by atoms with van der Waals surface area (Å²) >= 11 is 0. The van der Waals surface area contributed by atoms with E-state index in [4.69, 9.17) is 17.3 Å². The molecule has 0 amide bonds. The van der Waals surface area contributed by atoms with Gasteiger partial charge in [0.2, 0.25) is 0 Å². The molecule has 3 aliphatic rings. The number of carbonyl (C=O) groups is 2. The summed E-state index contributed by atoms with van der Waals surface area (Å²) in [5.74, 6) is 1.00. The molecular formula is C22H31BO5. The predicted octanol–water partition coefficient (Wildman–Crippen LogP) is 3.26. The van der Waals surface area contributed by atoms with Crippen molar-refractivity contribution >= 4 is 19.8 Å². The summed E-state index contributed by atoms with van der Waals surface area (Å²) in [6.45, 7) is 5.26. The Balaban J connectivity index is 1.84. The number of aliphatic hydroxyl groups is 1. The molecule has 0 aromatic heterocycles. The van der Waals surface area contributed by atoms with Crippen molar-refractivity contribution in [2.24, 2.45) is 29.1 Å². The largest absolute Gasteiger partial charge is 0.462 e. The average molecular weight is 386 g/mol. The third kappa shape index (κ3) is 4.22.